The molecular formula is C47H57F2N5O7Si. The zero-order valence-corrected chi connectivity index (χ0v) is 38.4. The molecule has 1 amide bonds. The summed E-state index contributed by atoms with van der Waals surface area (Å²) >= 11 is 0. The minimum Gasteiger partial charge on any atom is -0.475 e. The fourth-order valence-electron chi connectivity index (χ4n) is 10.1. The Bertz CT molecular complexity index is 2470. The highest BCUT2D eigenvalue weighted by Gasteiger charge is 2.52. The largest absolute Gasteiger partial charge is 0.475 e. The monoisotopic (exact) mass is 869 g/mol. The number of ether oxygens (including phenoxy) is 5. The summed E-state index contributed by atoms with van der Waals surface area (Å²) in [6, 6.07) is 5.34. The van der Waals surface area contributed by atoms with Crippen LogP contribution in [0.4, 0.5) is 19.4 Å². The quantitative estimate of drug-likeness (QED) is 0.0620. The van der Waals surface area contributed by atoms with Crippen molar-refractivity contribution in [3.05, 3.63) is 41.5 Å². The van der Waals surface area contributed by atoms with Crippen LogP contribution in [0.15, 0.2) is 24.3 Å². The van der Waals surface area contributed by atoms with Crippen LogP contribution in [0.1, 0.15) is 93.6 Å². The Morgan fingerprint density at radius 2 is 1.73 bits per heavy atom. The summed E-state index contributed by atoms with van der Waals surface area (Å²) in [5.41, 5.74) is 3.26. The van der Waals surface area contributed by atoms with Crippen LogP contribution in [0.25, 0.3) is 32.9 Å². The second-order valence-corrected chi connectivity index (χ2v) is 24.9. The SMILES string of the molecule is COCOc1cc(-c2nc3c4c(nc(OCC5(C=O)CC5)nc4c2F)N2C[C@H]4CC[C@@H]([C@H]2CO3)N4C(=O)OC(C)(C)C)c2c(C#C[Si](C(C)C)(C(C)C)C(C)C)c(F)ccc2c1. The van der Waals surface area contributed by atoms with Crippen LogP contribution in [0.5, 0.6) is 17.6 Å². The Morgan fingerprint density at radius 3 is 2.37 bits per heavy atom. The van der Waals surface area contributed by atoms with E-state index in [1.807, 2.05) is 25.7 Å². The third-order valence-corrected chi connectivity index (χ3v) is 19.6. The van der Waals surface area contributed by atoms with Crippen molar-refractivity contribution in [2.45, 2.75) is 128 Å². The summed E-state index contributed by atoms with van der Waals surface area (Å²) in [6.07, 6.45) is 3.26. The molecule has 2 aromatic carbocycles. The molecule has 4 aromatic rings. The van der Waals surface area contributed by atoms with Gasteiger partial charge < -0.3 is 33.4 Å². The summed E-state index contributed by atoms with van der Waals surface area (Å²) < 4.78 is 64.1. The number of nitrogens with zero attached hydrogens (tertiary/aromatic N) is 5. The molecule has 0 radical (unpaired) electrons. The van der Waals surface area contributed by atoms with Gasteiger partial charge in [-0.15, -0.1) is 5.54 Å². The van der Waals surface area contributed by atoms with Gasteiger partial charge in [-0.25, -0.2) is 18.6 Å². The van der Waals surface area contributed by atoms with Gasteiger partial charge in [0.2, 0.25) is 5.88 Å². The van der Waals surface area contributed by atoms with Crippen LogP contribution in [0.2, 0.25) is 16.6 Å². The number of aromatic nitrogens is 3. The number of fused-ring (bicyclic) bond motifs is 6. The van der Waals surface area contributed by atoms with Crippen molar-refractivity contribution in [3.63, 3.8) is 0 Å². The number of amides is 1. The first-order valence-corrected chi connectivity index (χ1v) is 24.0. The van der Waals surface area contributed by atoms with E-state index in [-0.39, 0.29) is 88.3 Å². The maximum absolute atomic E-state index is 17.9. The predicted octanol–water partition coefficient (Wildman–Crippen LogP) is 9.38. The minimum absolute atomic E-state index is 0.0320. The van der Waals surface area contributed by atoms with E-state index in [4.69, 9.17) is 33.7 Å². The Morgan fingerprint density at radius 1 is 1.00 bits per heavy atom. The zero-order valence-electron chi connectivity index (χ0n) is 37.4. The second kappa shape index (κ2) is 16.2. The summed E-state index contributed by atoms with van der Waals surface area (Å²) in [4.78, 5) is 44.0. The number of anilines is 1. The van der Waals surface area contributed by atoms with Crippen LogP contribution in [0.3, 0.4) is 0 Å². The maximum Gasteiger partial charge on any atom is 0.410 e. The molecule has 62 heavy (non-hydrogen) atoms. The van der Waals surface area contributed by atoms with Crippen molar-refractivity contribution in [3.8, 4) is 40.4 Å². The summed E-state index contributed by atoms with van der Waals surface area (Å²) in [5, 5.41) is 1.17. The molecule has 8 rings (SSSR count). The lowest BCUT2D eigenvalue weighted by atomic mass is 9.95. The van der Waals surface area contributed by atoms with E-state index < -0.39 is 42.9 Å². The molecule has 2 saturated heterocycles. The molecule has 2 aromatic heterocycles. The average molecular weight is 870 g/mol. The van der Waals surface area contributed by atoms with E-state index in [2.05, 4.69) is 62.9 Å². The number of carbonyl (C=O) groups is 2. The summed E-state index contributed by atoms with van der Waals surface area (Å²) in [5.74, 6) is 2.74. The highest BCUT2D eigenvalue weighted by Crippen LogP contribution is 2.48. The van der Waals surface area contributed by atoms with E-state index in [9.17, 15) is 9.59 Å². The first-order chi connectivity index (χ1) is 29.4. The number of carbonyl (C=O) groups excluding carboxylic acids is 2. The fourth-order valence-corrected chi connectivity index (χ4v) is 15.3. The zero-order chi connectivity index (χ0) is 44.5. The number of pyridine rings is 1. The van der Waals surface area contributed by atoms with Crippen LogP contribution in [-0.2, 0) is 14.3 Å². The molecule has 0 N–H and O–H groups in total. The molecule has 1 aliphatic carbocycles. The Kier molecular flexibility index (Phi) is 11.4. The van der Waals surface area contributed by atoms with Gasteiger partial charge in [0.15, 0.2) is 12.6 Å². The van der Waals surface area contributed by atoms with Gasteiger partial charge in [0.25, 0.3) is 0 Å². The van der Waals surface area contributed by atoms with Crippen LogP contribution < -0.4 is 19.1 Å². The van der Waals surface area contributed by atoms with Gasteiger partial charge >= 0.3 is 12.1 Å². The highest BCUT2D eigenvalue weighted by molar-refractivity contribution is 6.90. The number of hydrogen-bond donors (Lipinski definition) is 0. The van der Waals surface area contributed by atoms with Crippen molar-refractivity contribution < 1.29 is 42.1 Å². The number of rotatable bonds is 11. The molecule has 3 atom stereocenters. The fraction of sp³-hybridized carbons (Fsp3) is 0.553. The van der Waals surface area contributed by atoms with Crippen molar-refractivity contribution in [2.75, 3.05) is 38.6 Å². The van der Waals surface area contributed by atoms with Gasteiger partial charge in [-0.05, 0) is 86.7 Å². The van der Waals surface area contributed by atoms with Crippen molar-refractivity contribution in [1.29, 1.82) is 0 Å². The Hall–Kier alpha value is -5.07. The minimum atomic E-state index is -2.35. The number of aldehydes is 1. The topological polar surface area (TPSA) is 125 Å². The van der Waals surface area contributed by atoms with Gasteiger partial charge in [-0.2, -0.15) is 9.97 Å². The molecule has 4 aliphatic rings. The molecule has 12 nitrogen and oxygen atoms in total. The molecule has 3 fully saturated rings. The lowest BCUT2D eigenvalue weighted by Crippen LogP contribution is -2.63. The van der Waals surface area contributed by atoms with E-state index in [1.165, 1.54) is 13.2 Å². The molecule has 1 saturated carbocycles. The van der Waals surface area contributed by atoms with Crippen LogP contribution in [0, 0.1) is 28.5 Å². The molecule has 2 bridgehead atoms. The molecule has 3 aliphatic heterocycles. The Labute approximate surface area is 363 Å². The standard InChI is InChI=1S/C47H57F2N5O7Si/c1-26(2)62(27(3)4,28(5)6)18-15-32-34(48)13-11-29-19-31(60-25-57-10)20-33(37(29)32)40-39(49)41-38-42(52-44(51-41)59-24-47(23-55)16-17-47)53-21-30-12-14-35(36(53)22-58-43(38)50-40)54(30)45(56)61-46(7,8)9/h11,13,19-20,23,26-28,30,35-36H,12,14,16-17,21-22,24-25H2,1-10H3/t30-,35+,36-/m1/s1. The third-order valence-electron chi connectivity index (χ3n) is 13.3. The summed E-state index contributed by atoms with van der Waals surface area (Å²) in [7, 11) is -0.854. The molecule has 0 unspecified atom stereocenters. The third kappa shape index (κ3) is 7.60. The van der Waals surface area contributed by atoms with E-state index in [1.54, 1.807) is 18.2 Å². The van der Waals surface area contributed by atoms with Gasteiger partial charge in [-0.3, -0.25) is 4.90 Å². The van der Waals surface area contributed by atoms with Crippen LogP contribution in [-0.4, -0.2) is 97.7 Å². The van der Waals surface area contributed by atoms with E-state index >= 15 is 8.78 Å². The van der Waals surface area contributed by atoms with E-state index in [0.29, 0.717) is 48.1 Å². The van der Waals surface area contributed by atoms with Crippen molar-refractivity contribution in [2.24, 2.45) is 5.41 Å². The Balaban J connectivity index is 1.35. The normalized spacial score (nSPS) is 20.2. The highest BCUT2D eigenvalue weighted by atomic mass is 28.3. The average Bonchev–Trinajstić information content (AvgIpc) is 3.95. The lowest BCUT2D eigenvalue weighted by Gasteiger charge is -2.46. The molecular weight excluding hydrogens is 813 g/mol. The maximum atomic E-state index is 17.9. The summed E-state index contributed by atoms with van der Waals surface area (Å²) in [6.45, 7) is 19.1. The van der Waals surface area contributed by atoms with Gasteiger partial charge in [0.1, 0.15) is 67.2 Å². The van der Waals surface area contributed by atoms with Gasteiger partial charge in [-0.1, -0.05) is 53.5 Å². The van der Waals surface area contributed by atoms with Gasteiger partial charge in [0, 0.05) is 24.6 Å². The molecule has 15 heteroatoms. The number of methoxy groups -OCH3 is 1. The van der Waals surface area contributed by atoms with E-state index in [0.717, 1.165) is 12.7 Å². The molecule has 330 valence electrons. The van der Waals surface area contributed by atoms with Gasteiger partial charge in [0.05, 0.1) is 29.1 Å². The smallest absolute Gasteiger partial charge is 0.410 e. The van der Waals surface area contributed by atoms with Crippen molar-refractivity contribution in [1.82, 2.24) is 19.9 Å². The first kappa shape index (κ1) is 43.6. The van der Waals surface area contributed by atoms with Crippen molar-refractivity contribution >= 4 is 47.9 Å². The first-order valence-electron chi connectivity index (χ1n) is 21.7. The number of benzene rings is 2. The second-order valence-electron chi connectivity index (χ2n) is 19.3. The predicted molar refractivity (Wildman–Crippen MR) is 235 cm³/mol. The number of hydrogen-bond acceptors (Lipinski definition) is 11. The molecule has 0 spiro atoms. The molecule has 5 heterocycles. The number of piperazine rings is 1. The van der Waals surface area contributed by atoms with Crippen LogP contribution >= 0.6 is 0 Å². The lowest BCUT2D eigenvalue weighted by molar-refractivity contribution is -0.113. The number of halogens is 2.